The summed E-state index contributed by atoms with van der Waals surface area (Å²) in [5.41, 5.74) is 6.13. The van der Waals surface area contributed by atoms with Crippen molar-refractivity contribution in [3.63, 3.8) is 0 Å². The maximum Gasteiger partial charge on any atom is 0.226 e. The molecule has 1 rings (SSSR count). The highest BCUT2D eigenvalue weighted by Crippen LogP contribution is 2.11. The van der Waals surface area contributed by atoms with Crippen molar-refractivity contribution in [1.29, 1.82) is 0 Å². The number of nitrogens with zero attached hydrogens (tertiary/aromatic N) is 1. The number of hydrogen-bond acceptors (Lipinski definition) is 5. The third-order valence-electron chi connectivity index (χ3n) is 2.29. The zero-order chi connectivity index (χ0) is 14.3. The van der Waals surface area contributed by atoms with Crippen molar-refractivity contribution < 1.29 is 9.59 Å². The number of nitrogens with two attached hydrogens (primary N) is 1. The zero-order valence-electron chi connectivity index (χ0n) is 11.2. The van der Waals surface area contributed by atoms with Gasteiger partial charge >= 0.3 is 0 Å². The van der Waals surface area contributed by atoms with Crippen LogP contribution in [0.5, 0.6) is 0 Å². The van der Waals surface area contributed by atoms with Gasteiger partial charge in [0.25, 0.3) is 0 Å². The summed E-state index contributed by atoms with van der Waals surface area (Å²) in [7, 11) is 0. The summed E-state index contributed by atoms with van der Waals surface area (Å²) < 4.78 is 0. The Bertz CT molecular complexity index is 431. The summed E-state index contributed by atoms with van der Waals surface area (Å²) in [6.07, 6.45) is 0.485. The summed E-state index contributed by atoms with van der Waals surface area (Å²) in [6.45, 7) is 5.05. The van der Waals surface area contributed by atoms with Gasteiger partial charge in [-0.3, -0.25) is 9.59 Å². The quantitative estimate of drug-likeness (QED) is 0.681. The fourth-order valence-corrected chi connectivity index (χ4v) is 1.92. The molecule has 0 aliphatic carbocycles. The lowest BCUT2D eigenvalue weighted by Gasteiger charge is -2.08. The van der Waals surface area contributed by atoms with Gasteiger partial charge < -0.3 is 16.4 Å². The predicted molar refractivity (Wildman–Crippen MR) is 75.7 cm³/mol. The molecule has 106 valence electrons. The first-order chi connectivity index (χ1) is 8.97. The molecule has 0 aliphatic heterocycles. The van der Waals surface area contributed by atoms with Gasteiger partial charge in [-0.05, 0) is 5.92 Å². The molecule has 0 aliphatic rings. The Morgan fingerprint density at radius 1 is 1.37 bits per heavy atom. The normalized spacial score (nSPS) is 10.5. The Kier molecular flexibility index (Phi) is 6.27. The van der Waals surface area contributed by atoms with Gasteiger partial charge in [0.15, 0.2) is 5.13 Å². The van der Waals surface area contributed by atoms with E-state index in [1.54, 1.807) is 5.38 Å². The van der Waals surface area contributed by atoms with E-state index < -0.39 is 0 Å². The maximum absolute atomic E-state index is 11.6. The standard InChI is InChI=1S/C12H20N4O2S/c1-8(2)6-15-10(17)3-4-14-11(18)5-9-7-19-12(13)16-9/h7-8H,3-6H2,1-2H3,(H2,13,16)(H,14,18)(H,15,17). The third kappa shape index (κ3) is 6.76. The number of carbonyl (C=O) groups is 2. The van der Waals surface area contributed by atoms with Crippen molar-refractivity contribution in [2.45, 2.75) is 26.7 Å². The van der Waals surface area contributed by atoms with Crippen LogP contribution in [0.4, 0.5) is 5.13 Å². The Balaban J connectivity index is 2.15. The molecule has 0 bridgehead atoms. The molecule has 0 unspecified atom stereocenters. The lowest BCUT2D eigenvalue weighted by atomic mass is 10.2. The zero-order valence-corrected chi connectivity index (χ0v) is 12.0. The molecule has 0 saturated carbocycles. The van der Waals surface area contributed by atoms with E-state index in [2.05, 4.69) is 15.6 Å². The SMILES string of the molecule is CC(C)CNC(=O)CCNC(=O)Cc1csc(N)n1. The lowest BCUT2D eigenvalue weighted by molar-refractivity contribution is -0.122. The van der Waals surface area contributed by atoms with E-state index in [1.165, 1.54) is 11.3 Å². The van der Waals surface area contributed by atoms with Crippen molar-refractivity contribution in [1.82, 2.24) is 15.6 Å². The number of nitrogens with one attached hydrogen (secondary N) is 2. The molecule has 6 nitrogen and oxygen atoms in total. The van der Waals surface area contributed by atoms with E-state index in [9.17, 15) is 9.59 Å². The molecule has 1 heterocycles. The Hall–Kier alpha value is -1.63. The van der Waals surface area contributed by atoms with Gasteiger partial charge in [-0.25, -0.2) is 4.98 Å². The highest BCUT2D eigenvalue weighted by molar-refractivity contribution is 7.13. The van der Waals surface area contributed by atoms with Crippen molar-refractivity contribution in [3.8, 4) is 0 Å². The van der Waals surface area contributed by atoms with Crippen LogP contribution in [0.3, 0.4) is 0 Å². The summed E-state index contributed by atoms with van der Waals surface area (Å²) in [5.74, 6) is 0.225. The van der Waals surface area contributed by atoms with Gasteiger partial charge in [0.05, 0.1) is 12.1 Å². The molecule has 19 heavy (non-hydrogen) atoms. The Labute approximate surface area is 116 Å². The average molecular weight is 284 g/mol. The van der Waals surface area contributed by atoms with Crippen LogP contribution >= 0.6 is 11.3 Å². The lowest BCUT2D eigenvalue weighted by Crippen LogP contribution is -2.33. The summed E-state index contributed by atoms with van der Waals surface area (Å²) >= 11 is 1.31. The number of carbonyl (C=O) groups excluding carboxylic acids is 2. The van der Waals surface area contributed by atoms with E-state index in [1.807, 2.05) is 13.8 Å². The molecule has 0 spiro atoms. The van der Waals surface area contributed by atoms with E-state index in [-0.39, 0.29) is 24.7 Å². The molecule has 0 radical (unpaired) electrons. The van der Waals surface area contributed by atoms with Gasteiger partial charge in [-0.15, -0.1) is 11.3 Å². The van der Waals surface area contributed by atoms with E-state index >= 15 is 0 Å². The van der Waals surface area contributed by atoms with Crippen LogP contribution in [0.1, 0.15) is 26.0 Å². The molecule has 4 N–H and O–H groups in total. The van der Waals surface area contributed by atoms with E-state index in [0.29, 0.717) is 29.8 Å². The van der Waals surface area contributed by atoms with Crippen LogP contribution in [0.15, 0.2) is 5.38 Å². The molecule has 0 aromatic carbocycles. The Morgan fingerprint density at radius 2 is 2.11 bits per heavy atom. The van der Waals surface area contributed by atoms with Crippen molar-refractivity contribution in [2.75, 3.05) is 18.8 Å². The summed E-state index contributed by atoms with van der Waals surface area (Å²) in [5, 5.41) is 7.68. The van der Waals surface area contributed by atoms with Crippen LogP contribution in [0.25, 0.3) is 0 Å². The number of amides is 2. The van der Waals surface area contributed by atoms with Crippen LogP contribution in [-0.4, -0.2) is 29.9 Å². The first-order valence-corrected chi connectivity index (χ1v) is 7.08. The van der Waals surface area contributed by atoms with Crippen LogP contribution in [0.2, 0.25) is 0 Å². The second-order valence-corrected chi connectivity index (χ2v) is 5.54. The molecule has 0 fully saturated rings. The predicted octanol–water partition coefficient (Wildman–Crippen LogP) is 0.546. The van der Waals surface area contributed by atoms with E-state index in [0.717, 1.165) is 0 Å². The van der Waals surface area contributed by atoms with Gasteiger partial charge in [0.2, 0.25) is 11.8 Å². The fourth-order valence-electron chi connectivity index (χ4n) is 1.35. The number of aromatic nitrogens is 1. The van der Waals surface area contributed by atoms with Gasteiger partial charge in [-0.2, -0.15) is 0 Å². The average Bonchev–Trinajstić information content (AvgIpc) is 2.72. The fraction of sp³-hybridized carbons (Fsp3) is 0.583. The first kappa shape index (κ1) is 15.4. The summed E-state index contributed by atoms with van der Waals surface area (Å²) in [4.78, 5) is 27.0. The van der Waals surface area contributed by atoms with E-state index in [4.69, 9.17) is 5.73 Å². The second kappa shape index (κ2) is 7.73. The molecular formula is C12H20N4O2S. The largest absolute Gasteiger partial charge is 0.375 e. The number of anilines is 1. The molecule has 1 aromatic heterocycles. The first-order valence-electron chi connectivity index (χ1n) is 6.20. The highest BCUT2D eigenvalue weighted by atomic mass is 32.1. The second-order valence-electron chi connectivity index (χ2n) is 4.65. The Morgan fingerprint density at radius 3 is 2.68 bits per heavy atom. The smallest absolute Gasteiger partial charge is 0.226 e. The molecule has 7 heteroatoms. The van der Waals surface area contributed by atoms with Gasteiger partial charge in [0.1, 0.15) is 0 Å². The van der Waals surface area contributed by atoms with Crippen LogP contribution < -0.4 is 16.4 Å². The minimum absolute atomic E-state index is 0.0492. The van der Waals surface area contributed by atoms with Crippen LogP contribution in [0, 0.1) is 5.92 Å². The van der Waals surface area contributed by atoms with Crippen molar-refractivity contribution in [3.05, 3.63) is 11.1 Å². The molecule has 1 aromatic rings. The van der Waals surface area contributed by atoms with Crippen LogP contribution in [-0.2, 0) is 16.0 Å². The minimum atomic E-state index is -0.151. The molecular weight excluding hydrogens is 264 g/mol. The monoisotopic (exact) mass is 284 g/mol. The molecule has 0 saturated heterocycles. The summed E-state index contributed by atoms with van der Waals surface area (Å²) in [6, 6.07) is 0. The van der Waals surface area contributed by atoms with Crippen molar-refractivity contribution >= 4 is 28.3 Å². The minimum Gasteiger partial charge on any atom is -0.375 e. The number of nitrogen functional groups attached to an aromatic ring is 1. The third-order valence-corrected chi connectivity index (χ3v) is 3.02. The maximum atomic E-state index is 11.6. The van der Waals surface area contributed by atoms with Crippen molar-refractivity contribution in [2.24, 2.45) is 5.92 Å². The number of rotatable bonds is 7. The molecule has 0 atom stereocenters. The number of thiazole rings is 1. The van der Waals surface area contributed by atoms with Gasteiger partial charge in [-0.1, -0.05) is 13.8 Å². The highest BCUT2D eigenvalue weighted by Gasteiger charge is 2.07. The van der Waals surface area contributed by atoms with Gasteiger partial charge in [0, 0.05) is 24.9 Å². The topological polar surface area (TPSA) is 97.1 Å². The number of hydrogen-bond donors (Lipinski definition) is 3. The molecule has 2 amide bonds.